The van der Waals surface area contributed by atoms with Crippen LogP contribution in [-0.2, 0) is 4.74 Å². The molecule has 11 heavy (non-hydrogen) atoms. The first kappa shape index (κ1) is 7.66. The molecule has 2 rings (SSSR count). The maximum absolute atomic E-state index is 5.85. The Morgan fingerprint density at radius 2 is 2.36 bits per heavy atom. The molecule has 0 aromatic rings. The second-order valence-electron chi connectivity index (χ2n) is 3.99. The van der Waals surface area contributed by atoms with E-state index in [9.17, 15) is 0 Å². The third-order valence-corrected chi connectivity index (χ3v) is 3.76. The van der Waals surface area contributed by atoms with Gasteiger partial charge in [0.15, 0.2) is 0 Å². The Hall–Kier alpha value is 0.0249. The maximum Gasteiger partial charge on any atom is 0.109 e. The molecule has 0 N–H and O–H groups in total. The predicted molar refractivity (Wildman–Crippen MR) is 45.5 cm³/mol. The fourth-order valence-electron chi connectivity index (χ4n) is 2.83. The summed E-state index contributed by atoms with van der Waals surface area (Å²) < 4.78 is 5.79. The van der Waals surface area contributed by atoms with Gasteiger partial charge in [0, 0.05) is 6.00 Å². The van der Waals surface area contributed by atoms with Crippen molar-refractivity contribution < 1.29 is 4.74 Å². The number of rotatable bonds is 1. The molecule has 1 saturated carbocycles. The van der Waals surface area contributed by atoms with Crippen molar-refractivity contribution >= 4 is 7.85 Å². The van der Waals surface area contributed by atoms with E-state index >= 15 is 0 Å². The average molecular weight is 150 g/mol. The second kappa shape index (κ2) is 2.26. The first-order valence-electron chi connectivity index (χ1n) is 4.63. The third kappa shape index (κ3) is 0.822. The van der Waals surface area contributed by atoms with Gasteiger partial charge in [-0.25, -0.2) is 0 Å². The highest BCUT2D eigenvalue weighted by Gasteiger charge is 2.54. The SMILES string of the molecule is [B][C@@H]1O[C@]2(CC)CC[C@@H]1C2C. The van der Waals surface area contributed by atoms with Crippen LogP contribution in [0.15, 0.2) is 0 Å². The summed E-state index contributed by atoms with van der Waals surface area (Å²) in [4.78, 5) is 0. The number of hydrogen-bond donors (Lipinski definition) is 0. The summed E-state index contributed by atoms with van der Waals surface area (Å²) in [6.45, 7) is 4.49. The summed E-state index contributed by atoms with van der Waals surface area (Å²) in [5, 5.41) is 0. The lowest BCUT2D eigenvalue weighted by Gasteiger charge is -2.30. The highest BCUT2D eigenvalue weighted by atomic mass is 16.5. The van der Waals surface area contributed by atoms with Crippen LogP contribution in [0.3, 0.4) is 0 Å². The lowest BCUT2D eigenvalue weighted by Crippen LogP contribution is -2.32. The van der Waals surface area contributed by atoms with Crippen LogP contribution in [0.25, 0.3) is 0 Å². The van der Waals surface area contributed by atoms with Gasteiger partial charge < -0.3 is 4.74 Å². The van der Waals surface area contributed by atoms with Gasteiger partial charge in [-0.05, 0) is 31.1 Å². The highest BCUT2D eigenvalue weighted by Crippen LogP contribution is 2.53. The molecule has 2 heteroatoms. The Bertz CT molecular complexity index is 171. The molecule has 1 heterocycles. The van der Waals surface area contributed by atoms with Crippen LogP contribution in [0.5, 0.6) is 0 Å². The van der Waals surface area contributed by atoms with Crippen molar-refractivity contribution in [2.45, 2.75) is 44.7 Å². The quantitative estimate of drug-likeness (QED) is 0.517. The van der Waals surface area contributed by atoms with Crippen molar-refractivity contribution in [2.24, 2.45) is 11.8 Å². The Morgan fingerprint density at radius 3 is 2.64 bits per heavy atom. The van der Waals surface area contributed by atoms with E-state index in [-0.39, 0.29) is 11.6 Å². The molecule has 2 radical (unpaired) electrons. The Kier molecular flexibility index (Phi) is 1.57. The largest absolute Gasteiger partial charge is 0.381 e. The van der Waals surface area contributed by atoms with Crippen molar-refractivity contribution in [1.29, 1.82) is 0 Å². The van der Waals surface area contributed by atoms with Crippen LogP contribution in [0.4, 0.5) is 0 Å². The van der Waals surface area contributed by atoms with Gasteiger partial charge in [0.1, 0.15) is 7.85 Å². The zero-order chi connectivity index (χ0) is 8.06. The van der Waals surface area contributed by atoms with Gasteiger partial charge in [-0.3, -0.25) is 0 Å². The Labute approximate surface area is 69.9 Å². The first-order valence-corrected chi connectivity index (χ1v) is 4.63. The van der Waals surface area contributed by atoms with Gasteiger partial charge in [0.25, 0.3) is 0 Å². The maximum atomic E-state index is 5.85. The van der Waals surface area contributed by atoms with E-state index in [0.29, 0.717) is 11.8 Å². The van der Waals surface area contributed by atoms with Gasteiger partial charge >= 0.3 is 0 Å². The van der Waals surface area contributed by atoms with Crippen LogP contribution in [0, 0.1) is 11.8 Å². The van der Waals surface area contributed by atoms with Crippen LogP contribution in [0.1, 0.15) is 33.1 Å². The van der Waals surface area contributed by atoms with Crippen LogP contribution < -0.4 is 0 Å². The van der Waals surface area contributed by atoms with Gasteiger partial charge in [-0.2, -0.15) is 0 Å². The predicted octanol–water partition coefficient (Wildman–Crippen LogP) is 1.71. The summed E-state index contributed by atoms with van der Waals surface area (Å²) in [6, 6.07) is 0.0266. The average Bonchev–Trinajstić information content (AvgIpc) is 2.42. The smallest absolute Gasteiger partial charge is 0.109 e. The van der Waals surface area contributed by atoms with Crippen molar-refractivity contribution in [3.8, 4) is 0 Å². The topological polar surface area (TPSA) is 9.23 Å². The monoisotopic (exact) mass is 150 g/mol. The molecule has 4 atom stereocenters. The van der Waals surface area contributed by atoms with Gasteiger partial charge in [-0.15, -0.1) is 0 Å². The minimum atomic E-state index is 0.0266. The van der Waals surface area contributed by atoms with E-state index in [2.05, 4.69) is 13.8 Å². The molecule has 1 nitrogen and oxygen atoms in total. The van der Waals surface area contributed by atoms with Gasteiger partial charge in [-0.1, -0.05) is 13.8 Å². The number of hydrogen-bond acceptors (Lipinski definition) is 1. The molecule has 2 fully saturated rings. The fraction of sp³-hybridized carbons (Fsp3) is 1.00. The van der Waals surface area contributed by atoms with E-state index < -0.39 is 0 Å². The summed E-state index contributed by atoms with van der Waals surface area (Å²) in [6.07, 6.45) is 3.62. The molecule has 0 amide bonds. The van der Waals surface area contributed by atoms with Crippen molar-refractivity contribution in [3.63, 3.8) is 0 Å². The van der Waals surface area contributed by atoms with Crippen molar-refractivity contribution in [2.75, 3.05) is 0 Å². The summed E-state index contributed by atoms with van der Waals surface area (Å²) in [5.74, 6) is 1.32. The summed E-state index contributed by atoms with van der Waals surface area (Å²) in [5.41, 5.74) is 0.157. The molecule has 0 aromatic carbocycles. The van der Waals surface area contributed by atoms with Gasteiger partial charge in [0.05, 0.1) is 5.60 Å². The normalized spacial score (nSPS) is 55.3. The van der Waals surface area contributed by atoms with E-state index in [1.165, 1.54) is 12.8 Å². The van der Waals surface area contributed by atoms with Crippen molar-refractivity contribution in [1.82, 2.24) is 0 Å². The van der Waals surface area contributed by atoms with Gasteiger partial charge in [0.2, 0.25) is 0 Å². The lowest BCUT2D eigenvalue weighted by molar-refractivity contribution is -0.0489. The molecule has 2 bridgehead atoms. The number of ether oxygens (including phenoxy) is 1. The molecular formula is C9H15BO. The zero-order valence-corrected chi connectivity index (χ0v) is 7.34. The minimum absolute atomic E-state index is 0.0266. The van der Waals surface area contributed by atoms with Crippen LogP contribution in [-0.4, -0.2) is 19.5 Å². The second-order valence-corrected chi connectivity index (χ2v) is 3.99. The van der Waals surface area contributed by atoms with E-state index in [4.69, 9.17) is 12.6 Å². The molecule has 0 spiro atoms. The fourth-order valence-corrected chi connectivity index (χ4v) is 2.83. The molecule has 1 saturated heterocycles. The molecule has 0 aromatic heterocycles. The first-order chi connectivity index (χ1) is 5.19. The molecule has 1 aliphatic carbocycles. The molecular weight excluding hydrogens is 135 g/mol. The molecule has 2 aliphatic rings. The number of fused-ring (bicyclic) bond motifs is 2. The summed E-state index contributed by atoms with van der Waals surface area (Å²) in [7, 11) is 5.85. The van der Waals surface area contributed by atoms with E-state index in [1.807, 2.05) is 0 Å². The van der Waals surface area contributed by atoms with E-state index in [0.717, 1.165) is 6.42 Å². The molecule has 60 valence electrons. The highest BCUT2D eigenvalue weighted by molar-refractivity contribution is 6.11. The lowest BCUT2D eigenvalue weighted by atomic mass is 9.81. The minimum Gasteiger partial charge on any atom is -0.381 e. The van der Waals surface area contributed by atoms with Crippen molar-refractivity contribution in [3.05, 3.63) is 0 Å². The third-order valence-electron chi connectivity index (χ3n) is 3.76. The molecule has 1 aliphatic heterocycles. The van der Waals surface area contributed by atoms with E-state index in [1.54, 1.807) is 0 Å². The Morgan fingerprint density at radius 1 is 1.64 bits per heavy atom. The summed E-state index contributed by atoms with van der Waals surface area (Å²) >= 11 is 0. The molecule has 1 unspecified atom stereocenters. The van der Waals surface area contributed by atoms with Crippen LogP contribution in [0.2, 0.25) is 0 Å². The zero-order valence-electron chi connectivity index (χ0n) is 7.34. The Balaban J connectivity index is 2.24. The van der Waals surface area contributed by atoms with Crippen LogP contribution >= 0.6 is 0 Å². The standard InChI is InChI=1S/C9H15BO/c1-3-9-5-4-7(6(9)2)8(10)11-9/h6-8H,3-5H2,1-2H3/t6?,7-,8-,9-/m1/s1.